The number of benzene rings is 1. The van der Waals surface area contributed by atoms with Crippen LogP contribution in [0.15, 0.2) is 24.4 Å². The summed E-state index contributed by atoms with van der Waals surface area (Å²) in [4.78, 5) is 15.8. The number of aromatic amines is 1. The molecule has 0 amide bonds. The lowest BCUT2D eigenvalue weighted by Crippen LogP contribution is -2.25. The first-order chi connectivity index (χ1) is 9.79. The van der Waals surface area contributed by atoms with E-state index >= 15 is 0 Å². The van der Waals surface area contributed by atoms with Crippen LogP contribution in [0.4, 0.5) is 0 Å². The summed E-state index contributed by atoms with van der Waals surface area (Å²) in [7, 11) is 0. The molecule has 1 aromatic carbocycles. The Bertz CT molecular complexity index is 611. The number of carbonyl (C=O) groups excluding carboxylic acids is 1. The molecule has 1 fully saturated rings. The van der Waals surface area contributed by atoms with Gasteiger partial charge >= 0.3 is 0 Å². The number of carbonyl (C=O) groups is 1. The molecule has 1 aliphatic heterocycles. The molecule has 3 rings (SSSR count). The molecule has 20 heavy (non-hydrogen) atoms. The van der Waals surface area contributed by atoms with Gasteiger partial charge in [0.25, 0.3) is 0 Å². The molecule has 1 atom stereocenters. The molecule has 0 aliphatic carbocycles. The van der Waals surface area contributed by atoms with E-state index in [4.69, 9.17) is 9.47 Å². The van der Waals surface area contributed by atoms with E-state index < -0.39 is 0 Å². The van der Waals surface area contributed by atoms with Crippen molar-refractivity contribution in [3.63, 3.8) is 0 Å². The molecule has 0 saturated carbocycles. The van der Waals surface area contributed by atoms with Crippen LogP contribution in [0.2, 0.25) is 0 Å². The average molecular weight is 273 g/mol. The molecule has 1 unspecified atom stereocenters. The van der Waals surface area contributed by atoms with E-state index in [1.165, 1.54) is 0 Å². The standard InChI is InChI=1S/C16H19NO3/c1-2-20-12-5-6-15-13(8-12)14(9-17-15)16(18)11-4-3-7-19-10-11/h5-6,8-9,11,17H,2-4,7,10H2,1H3. The number of ketones is 1. The number of fused-ring (bicyclic) bond motifs is 1. The molecule has 2 heterocycles. The van der Waals surface area contributed by atoms with Crippen molar-refractivity contribution in [2.24, 2.45) is 5.92 Å². The fourth-order valence-corrected chi connectivity index (χ4v) is 2.73. The average Bonchev–Trinajstić information content (AvgIpc) is 2.91. The van der Waals surface area contributed by atoms with Crippen molar-refractivity contribution in [1.82, 2.24) is 4.98 Å². The molecular formula is C16H19NO3. The molecule has 0 bridgehead atoms. The summed E-state index contributed by atoms with van der Waals surface area (Å²) in [5, 5.41) is 0.937. The fourth-order valence-electron chi connectivity index (χ4n) is 2.73. The highest BCUT2D eigenvalue weighted by Gasteiger charge is 2.25. The zero-order valence-electron chi connectivity index (χ0n) is 11.6. The van der Waals surface area contributed by atoms with Gasteiger partial charge in [-0.2, -0.15) is 0 Å². The van der Waals surface area contributed by atoms with Gasteiger partial charge in [-0.3, -0.25) is 4.79 Å². The molecule has 0 radical (unpaired) electrons. The Balaban J connectivity index is 1.93. The minimum Gasteiger partial charge on any atom is -0.494 e. The van der Waals surface area contributed by atoms with Gasteiger partial charge in [-0.1, -0.05) is 0 Å². The smallest absolute Gasteiger partial charge is 0.170 e. The summed E-state index contributed by atoms with van der Waals surface area (Å²) in [6.45, 7) is 3.88. The van der Waals surface area contributed by atoms with E-state index in [0.29, 0.717) is 13.2 Å². The molecular weight excluding hydrogens is 254 g/mol. The Morgan fingerprint density at radius 1 is 1.50 bits per heavy atom. The second kappa shape index (κ2) is 5.67. The maximum Gasteiger partial charge on any atom is 0.170 e. The van der Waals surface area contributed by atoms with Crippen molar-refractivity contribution in [3.05, 3.63) is 30.0 Å². The largest absolute Gasteiger partial charge is 0.494 e. The van der Waals surface area contributed by atoms with Gasteiger partial charge in [0.15, 0.2) is 5.78 Å². The van der Waals surface area contributed by atoms with E-state index in [1.54, 1.807) is 6.20 Å². The predicted octanol–water partition coefficient (Wildman–Crippen LogP) is 3.18. The summed E-state index contributed by atoms with van der Waals surface area (Å²) in [6.07, 6.45) is 3.68. The van der Waals surface area contributed by atoms with Crippen molar-refractivity contribution in [2.75, 3.05) is 19.8 Å². The summed E-state index contributed by atoms with van der Waals surface area (Å²) in [5.74, 6) is 0.955. The van der Waals surface area contributed by atoms with Gasteiger partial charge < -0.3 is 14.5 Å². The number of ether oxygens (including phenoxy) is 2. The molecule has 0 spiro atoms. The van der Waals surface area contributed by atoms with Crippen LogP contribution in [-0.2, 0) is 4.74 Å². The van der Waals surface area contributed by atoms with E-state index in [0.717, 1.165) is 41.7 Å². The first-order valence-corrected chi connectivity index (χ1v) is 7.15. The molecule has 1 aromatic heterocycles. The number of H-pyrrole nitrogens is 1. The zero-order chi connectivity index (χ0) is 13.9. The monoisotopic (exact) mass is 273 g/mol. The van der Waals surface area contributed by atoms with Crippen molar-refractivity contribution in [2.45, 2.75) is 19.8 Å². The Labute approximate surface area is 118 Å². The molecule has 4 nitrogen and oxygen atoms in total. The van der Waals surface area contributed by atoms with Gasteiger partial charge in [-0.05, 0) is 38.0 Å². The molecule has 1 saturated heterocycles. The molecule has 1 aliphatic rings. The Kier molecular flexibility index (Phi) is 3.74. The second-order valence-electron chi connectivity index (χ2n) is 5.12. The predicted molar refractivity (Wildman–Crippen MR) is 77.3 cm³/mol. The fraction of sp³-hybridized carbons (Fsp3) is 0.438. The van der Waals surface area contributed by atoms with Crippen LogP contribution in [0.5, 0.6) is 5.75 Å². The summed E-state index contributed by atoms with van der Waals surface area (Å²) in [5.41, 5.74) is 1.71. The molecule has 4 heteroatoms. The first-order valence-electron chi connectivity index (χ1n) is 7.15. The summed E-state index contributed by atoms with van der Waals surface area (Å²) >= 11 is 0. The number of hydrogen-bond donors (Lipinski definition) is 1. The topological polar surface area (TPSA) is 51.3 Å². The van der Waals surface area contributed by atoms with Crippen molar-refractivity contribution in [3.8, 4) is 5.75 Å². The van der Waals surface area contributed by atoms with E-state index in [2.05, 4.69) is 4.98 Å². The number of nitrogens with one attached hydrogen (secondary N) is 1. The number of Topliss-reactive ketones (excluding diaryl/α,β-unsaturated/α-hetero) is 1. The Morgan fingerprint density at radius 3 is 3.15 bits per heavy atom. The Morgan fingerprint density at radius 2 is 2.40 bits per heavy atom. The molecule has 106 valence electrons. The second-order valence-corrected chi connectivity index (χ2v) is 5.12. The van der Waals surface area contributed by atoms with E-state index in [1.807, 2.05) is 25.1 Å². The quantitative estimate of drug-likeness (QED) is 0.870. The van der Waals surface area contributed by atoms with Crippen LogP contribution in [-0.4, -0.2) is 30.6 Å². The minimum atomic E-state index is -0.0153. The van der Waals surface area contributed by atoms with Gasteiger partial charge in [0, 0.05) is 35.2 Å². The number of hydrogen-bond acceptors (Lipinski definition) is 3. The van der Waals surface area contributed by atoms with Gasteiger partial charge in [-0.25, -0.2) is 0 Å². The van der Waals surface area contributed by atoms with Crippen LogP contribution < -0.4 is 4.74 Å². The normalized spacial score (nSPS) is 19.1. The highest BCUT2D eigenvalue weighted by Crippen LogP contribution is 2.27. The third kappa shape index (κ3) is 2.43. The highest BCUT2D eigenvalue weighted by molar-refractivity contribution is 6.09. The van der Waals surface area contributed by atoms with E-state index in [9.17, 15) is 4.79 Å². The summed E-state index contributed by atoms with van der Waals surface area (Å²) in [6, 6.07) is 5.81. The highest BCUT2D eigenvalue weighted by atomic mass is 16.5. The molecule has 2 aromatic rings. The van der Waals surface area contributed by atoms with Crippen LogP contribution in [0, 0.1) is 5.92 Å². The lowest BCUT2D eigenvalue weighted by Gasteiger charge is -2.20. The van der Waals surface area contributed by atoms with Gasteiger partial charge in [-0.15, -0.1) is 0 Å². The lowest BCUT2D eigenvalue weighted by molar-refractivity contribution is 0.0462. The van der Waals surface area contributed by atoms with Crippen molar-refractivity contribution < 1.29 is 14.3 Å². The Hall–Kier alpha value is -1.81. The van der Waals surface area contributed by atoms with Crippen LogP contribution in [0.25, 0.3) is 10.9 Å². The van der Waals surface area contributed by atoms with Crippen molar-refractivity contribution in [1.29, 1.82) is 0 Å². The van der Waals surface area contributed by atoms with Crippen LogP contribution in [0.3, 0.4) is 0 Å². The number of rotatable bonds is 4. The maximum atomic E-state index is 12.6. The van der Waals surface area contributed by atoms with E-state index in [-0.39, 0.29) is 11.7 Å². The summed E-state index contributed by atoms with van der Waals surface area (Å²) < 4.78 is 10.9. The minimum absolute atomic E-state index is 0.0153. The van der Waals surface area contributed by atoms with Gasteiger partial charge in [0.1, 0.15) is 5.75 Å². The van der Waals surface area contributed by atoms with Crippen LogP contribution in [0.1, 0.15) is 30.1 Å². The number of aromatic nitrogens is 1. The molecule has 1 N–H and O–H groups in total. The maximum absolute atomic E-state index is 12.6. The third-order valence-electron chi connectivity index (χ3n) is 3.76. The van der Waals surface area contributed by atoms with Gasteiger partial charge in [0.2, 0.25) is 0 Å². The van der Waals surface area contributed by atoms with Gasteiger partial charge in [0.05, 0.1) is 13.2 Å². The van der Waals surface area contributed by atoms with Crippen molar-refractivity contribution >= 4 is 16.7 Å². The van der Waals surface area contributed by atoms with Crippen LogP contribution >= 0.6 is 0 Å². The SMILES string of the molecule is CCOc1ccc2[nH]cc(C(=O)C3CCCOC3)c2c1. The lowest BCUT2D eigenvalue weighted by atomic mass is 9.92. The third-order valence-corrected chi connectivity index (χ3v) is 3.76. The first kappa shape index (κ1) is 13.2. The zero-order valence-corrected chi connectivity index (χ0v) is 11.6.